The second-order valence-electron chi connectivity index (χ2n) is 3.00. The van der Waals surface area contributed by atoms with Crippen LogP contribution in [0.2, 0.25) is 0 Å². The summed E-state index contributed by atoms with van der Waals surface area (Å²) in [7, 11) is 0. The van der Waals surface area contributed by atoms with E-state index in [1.54, 1.807) is 11.3 Å². The molecule has 2 heterocycles. The molecule has 1 aliphatic heterocycles. The van der Waals surface area contributed by atoms with E-state index in [4.69, 9.17) is 0 Å². The minimum Gasteiger partial charge on any atom is -0.294 e. The summed E-state index contributed by atoms with van der Waals surface area (Å²) in [6.07, 6.45) is 5.81. The van der Waals surface area contributed by atoms with Gasteiger partial charge in [0, 0.05) is 24.7 Å². The molecule has 4 heteroatoms. The fourth-order valence-electron chi connectivity index (χ4n) is 1.42. The number of aromatic nitrogens is 1. The Kier molecular flexibility index (Phi) is 2.58. The van der Waals surface area contributed by atoms with E-state index in [-0.39, 0.29) is 0 Å². The second-order valence-corrected chi connectivity index (χ2v) is 3.89. The van der Waals surface area contributed by atoms with Gasteiger partial charge in [-0.2, -0.15) is 0 Å². The van der Waals surface area contributed by atoms with Gasteiger partial charge in [0.1, 0.15) is 0 Å². The first-order chi connectivity index (χ1) is 5.95. The highest BCUT2D eigenvalue weighted by Gasteiger charge is 2.09. The molecule has 1 saturated heterocycles. The number of nitrogens with one attached hydrogen (secondary N) is 1. The first-order valence-electron chi connectivity index (χ1n) is 4.36. The van der Waals surface area contributed by atoms with Gasteiger partial charge in [-0.1, -0.05) is 6.42 Å². The minimum atomic E-state index is 1.01. The fourth-order valence-corrected chi connectivity index (χ4v) is 1.97. The summed E-state index contributed by atoms with van der Waals surface area (Å²) in [5.41, 5.74) is 3.30. The number of thiazole rings is 1. The van der Waals surface area contributed by atoms with E-state index < -0.39 is 0 Å². The lowest BCUT2D eigenvalue weighted by Crippen LogP contribution is -2.34. The van der Waals surface area contributed by atoms with E-state index in [2.05, 4.69) is 15.4 Å². The van der Waals surface area contributed by atoms with E-state index in [1.165, 1.54) is 19.3 Å². The van der Waals surface area contributed by atoms with Crippen molar-refractivity contribution in [3.63, 3.8) is 0 Å². The maximum Gasteiger partial charge on any atom is 0.197 e. The number of rotatable bonds is 2. The molecule has 12 heavy (non-hydrogen) atoms. The third-order valence-corrected chi connectivity index (χ3v) is 2.72. The molecule has 0 unspecified atom stereocenters. The molecule has 0 spiro atoms. The molecule has 3 nitrogen and oxygen atoms in total. The first kappa shape index (κ1) is 8.01. The fraction of sp³-hybridized carbons (Fsp3) is 0.625. The zero-order chi connectivity index (χ0) is 8.23. The standard InChI is InChI=1S/C8H13N3S/c1-2-5-11(6-3-1)10-8-9-4-7-12-8/h4,7H,1-3,5-6H2,(H,9,10). The number of anilines is 1. The Labute approximate surface area is 76.4 Å². The van der Waals surface area contributed by atoms with Crippen LogP contribution in [0.5, 0.6) is 0 Å². The molecule has 2 rings (SSSR count). The summed E-state index contributed by atoms with van der Waals surface area (Å²) in [6.45, 7) is 2.30. The van der Waals surface area contributed by atoms with Crippen LogP contribution in [0.1, 0.15) is 19.3 Å². The molecule has 0 saturated carbocycles. The van der Waals surface area contributed by atoms with E-state index in [1.807, 2.05) is 11.6 Å². The Balaban J connectivity index is 1.86. The van der Waals surface area contributed by atoms with Crippen LogP contribution in [0, 0.1) is 0 Å². The van der Waals surface area contributed by atoms with Crippen molar-refractivity contribution in [1.82, 2.24) is 9.99 Å². The summed E-state index contributed by atoms with van der Waals surface area (Å²) >= 11 is 1.65. The van der Waals surface area contributed by atoms with Gasteiger partial charge in [-0.05, 0) is 12.8 Å². The van der Waals surface area contributed by atoms with Gasteiger partial charge in [0.2, 0.25) is 0 Å². The molecule has 1 aromatic heterocycles. The maximum atomic E-state index is 4.18. The molecular formula is C8H13N3S. The van der Waals surface area contributed by atoms with Crippen LogP contribution in [-0.4, -0.2) is 23.1 Å². The minimum absolute atomic E-state index is 1.01. The average molecular weight is 183 g/mol. The number of piperidine rings is 1. The van der Waals surface area contributed by atoms with Gasteiger partial charge in [0.25, 0.3) is 0 Å². The zero-order valence-corrected chi connectivity index (χ0v) is 7.81. The molecule has 0 aliphatic carbocycles. The Hall–Kier alpha value is -0.610. The van der Waals surface area contributed by atoms with Crippen LogP contribution in [0.15, 0.2) is 11.6 Å². The van der Waals surface area contributed by atoms with Crippen molar-refractivity contribution < 1.29 is 0 Å². The molecule has 0 atom stereocenters. The van der Waals surface area contributed by atoms with Crippen LogP contribution in [0.4, 0.5) is 5.13 Å². The van der Waals surface area contributed by atoms with Crippen molar-refractivity contribution in [1.29, 1.82) is 0 Å². The molecule has 0 radical (unpaired) electrons. The second kappa shape index (κ2) is 3.87. The summed E-state index contributed by atoms with van der Waals surface area (Å²) in [4.78, 5) is 4.18. The van der Waals surface area contributed by atoms with Crippen molar-refractivity contribution in [2.75, 3.05) is 18.5 Å². The molecule has 0 bridgehead atoms. The van der Waals surface area contributed by atoms with Crippen LogP contribution >= 0.6 is 11.3 Å². The highest BCUT2D eigenvalue weighted by atomic mass is 32.1. The quantitative estimate of drug-likeness (QED) is 0.759. The van der Waals surface area contributed by atoms with Crippen molar-refractivity contribution in [2.45, 2.75) is 19.3 Å². The topological polar surface area (TPSA) is 28.2 Å². The van der Waals surface area contributed by atoms with Gasteiger partial charge < -0.3 is 0 Å². The summed E-state index contributed by atoms with van der Waals surface area (Å²) in [5, 5.41) is 5.26. The van der Waals surface area contributed by atoms with Gasteiger partial charge >= 0.3 is 0 Å². The third kappa shape index (κ3) is 1.95. The predicted octanol–water partition coefficient (Wildman–Crippen LogP) is 1.96. The Bertz CT molecular complexity index is 216. The average Bonchev–Trinajstić information content (AvgIpc) is 2.59. The maximum absolute atomic E-state index is 4.18. The molecule has 1 aromatic rings. The third-order valence-electron chi connectivity index (χ3n) is 2.04. The van der Waals surface area contributed by atoms with Crippen molar-refractivity contribution in [3.05, 3.63) is 11.6 Å². The molecule has 1 aliphatic rings. The molecule has 1 fully saturated rings. The van der Waals surface area contributed by atoms with E-state index in [0.29, 0.717) is 0 Å². The number of hydrogen-bond acceptors (Lipinski definition) is 4. The largest absolute Gasteiger partial charge is 0.294 e. The highest BCUT2D eigenvalue weighted by molar-refractivity contribution is 7.13. The summed E-state index contributed by atoms with van der Waals surface area (Å²) in [6, 6.07) is 0. The summed E-state index contributed by atoms with van der Waals surface area (Å²) in [5.74, 6) is 0. The number of hydrazine groups is 1. The predicted molar refractivity (Wildman–Crippen MR) is 51.2 cm³/mol. The number of nitrogens with zero attached hydrogens (tertiary/aromatic N) is 2. The Morgan fingerprint density at radius 1 is 1.33 bits per heavy atom. The molecular weight excluding hydrogens is 170 g/mol. The lowest BCUT2D eigenvalue weighted by molar-refractivity contribution is 0.273. The highest BCUT2D eigenvalue weighted by Crippen LogP contribution is 2.14. The Morgan fingerprint density at radius 2 is 2.17 bits per heavy atom. The first-order valence-corrected chi connectivity index (χ1v) is 5.24. The SMILES string of the molecule is c1csc(NN2CCCCC2)n1. The molecule has 0 aromatic carbocycles. The van der Waals surface area contributed by atoms with E-state index in [0.717, 1.165) is 18.2 Å². The summed E-state index contributed by atoms with van der Waals surface area (Å²) < 4.78 is 0. The van der Waals surface area contributed by atoms with Gasteiger partial charge in [0.15, 0.2) is 5.13 Å². The van der Waals surface area contributed by atoms with Crippen molar-refractivity contribution in [3.8, 4) is 0 Å². The normalized spacial score (nSPS) is 19.3. The van der Waals surface area contributed by atoms with Gasteiger partial charge in [-0.15, -0.1) is 11.3 Å². The van der Waals surface area contributed by atoms with Crippen molar-refractivity contribution >= 4 is 16.5 Å². The van der Waals surface area contributed by atoms with Crippen LogP contribution in [-0.2, 0) is 0 Å². The van der Waals surface area contributed by atoms with Crippen LogP contribution in [0.25, 0.3) is 0 Å². The van der Waals surface area contributed by atoms with Gasteiger partial charge in [0.05, 0.1) is 0 Å². The van der Waals surface area contributed by atoms with Crippen LogP contribution in [0.3, 0.4) is 0 Å². The Morgan fingerprint density at radius 3 is 2.83 bits per heavy atom. The molecule has 66 valence electrons. The van der Waals surface area contributed by atoms with Gasteiger partial charge in [-0.3, -0.25) is 5.43 Å². The lowest BCUT2D eigenvalue weighted by atomic mass is 10.2. The zero-order valence-electron chi connectivity index (χ0n) is 6.99. The lowest BCUT2D eigenvalue weighted by Gasteiger charge is -2.26. The monoisotopic (exact) mass is 183 g/mol. The smallest absolute Gasteiger partial charge is 0.197 e. The number of hydrogen-bond donors (Lipinski definition) is 1. The van der Waals surface area contributed by atoms with E-state index in [9.17, 15) is 0 Å². The molecule has 0 amide bonds. The van der Waals surface area contributed by atoms with Gasteiger partial charge in [-0.25, -0.2) is 9.99 Å². The van der Waals surface area contributed by atoms with Crippen LogP contribution < -0.4 is 5.43 Å². The van der Waals surface area contributed by atoms with E-state index >= 15 is 0 Å². The van der Waals surface area contributed by atoms with Crippen molar-refractivity contribution in [2.24, 2.45) is 0 Å². The molecule has 1 N–H and O–H groups in total.